The van der Waals surface area contributed by atoms with Crippen LogP contribution in [0.1, 0.15) is 5.56 Å². The van der Waals surface area contributed by atoms with Crippen LogP contribution in [0.4, 0.5) is 0 Å². The van der Waals surface area contributed by atoms with Gasteiger partial charge in [-0.05, 0) is 5.56 Å². The Hall–Kier alpha value is -1.88. The Morgan fingerprint density at radius 3 is 2.50 bits per heavy atom. The quantitative estimate of drug-likeness (QED) is 0.513. The predicted octanol–water partition coefficient (Wildman–Crippen LogP) is -0.280. The Balaban J connectivity index is 2.29. The zero-order valence-electron chi connectivity index (χ0n) is 7.40. The fourth-order valence-electron chi connectivity index (χ4n) is 0.809. The molecule has 1 rings (SSSR count). The first-order chi connectivity index (χ1) is 6.70. The molecular formula is C9H10N2O3. The predicted molar refractivity (Wildman–Crippen MR) is 48.6 cm³/mol. The summed E-state index contributed by atoms with van der Waals surface area (Å²) in [6.07, 6.45) is 0. The van der Waals surface area contributed by atoms with Gasteiger partial charge in [0.1, 0.15) is 0 Å². The van der Waals surface area contributed by atoms with E-state index in [1.165, 1.54) is 0 Å². The molecule has 1 aromatic rings. The molecule has 74 valence electrons. The first-order valence-corrected chi connectivity index (χ1v) is 3.95. The van der Waals surface area contributed by atoms with Crippen LogP contribution in [0.5, 0.6) is 0 Å². The van der Waals surface area contributed by atoms with Gasteiger partial charge in [0, 0.05) is 0 Å². The number of carbonyl (C=O) groups is 2. The standard InChI is InChI=1S/C9H10N2O3/c10-8(12)9(13)11-14-6-7-4-2-1-3-5-7/h1-5H,6H2,(H2,10,12)(H,11,13). The van der Waals surface area contributed by atoms with Crippen molar-refractivity contribution in [2.24, 2.45) is 5.73 Å². The van der Waals surface area contributed by atoms with E-state index < -0.39 is 11.8 Å². The van der Waals surface area contributed by atoms with Gasteiger partial charge in [0.25, 0.3) is 0 Å². The van der Waals surface area contributed by atoms with Crippen molar-refractivity contribution in [3.8, 4) is 0 Å². The number of nitrogens with two attached hydrogens (primary N) is 1. The van der Waals surface area contributed by atoms with E-state index in [0.717, 1.165) is 5.56 Å². The van der Waals surface area contributed by atoms with E-state index in [1.54, 1.807) is 0 Å². The van der Waals surface area contributed by atoms with E-state index in [2.05, 4.69) is 5.73 Å². The molecular weight excluding hydrogens is 184 g/mol. The molecule has 0 atom stereocenters. The number of rotatable bonds is 3. The summed E-state index contributed by atoms with van der Waals surface area (Å²) in [6, 6.07) is 9.21. The molecule has 2 amide bonds. The van der Waals surface area contributed by atoms with Crippen LogP contribution in [0.15, 0.2) is 30.3 Å². The zero-order chi connectivity index (χ0) is 10.4. The average Bonchev–Trinajstić information content (AvgIpc) is 2.19. The molecule has 1 aromatic carbocycles. The van der Waals surface area contributed by atoms with Crippen LogP contribution < -0.4 is 11.2 Å². The number of carbonyl (C=O) groups excluding carboxylic acids is 2. The lowest BCUT2D eigenvalue weighted by Crippen LogP contribution is -2.35. The summed E-state index contributed by atoms with van der Waals surface area (Å²) in [6.45, 7) is 0.194. The van der Waals surface area contributed by atoms with Gasteiger partial charge in [-0.2, -0.15) is 0 Å². The molecule has 0 aliphatic rings. The van der Waals surface area contributed by atoms with Crippen molar-refractivity contribution in [1.29, 1.82) is 0 Å². The van der Waals surface area contributed by atoms with Crippen molar-refractivity contribution >= 4 is 11.8 Å². The fraction of sp³-hybridized carbons (Fsp3) is 0.111. The highest BCUT2D eigenvalue weighted by Crippen LogP contribution is 1.98. The van der Waals surface area contributed by atoms with Gasteiger partial charge in [-0.3, -0.25) is 14.4 Å². The number of amides is 2. The summed E-state index contributed by atoms with van der Waals surface area (Å²) in [5.74, 6) is -2.03. The second-order valence-electron chi connectivity index (χ2n) is 2.57. The molecule has 0 radical (unpaired) electrons. The molecule has 0 heterocycles. The van der Waals surface area contributed by atoms with E-state index in [-0.39, 0.29) is 6.61 Å². The van der Waals surface area contributed by atoms with Gasteiger partial charge in [-0.1, -0.05) is 30.3 Å². The van der Waals surface area contributed by atoms with Gasteiger partial charge in [-0.25, -0.2) is 5.48 Å². The largest absolute Gasteiger partial charge is 0.361 e. The maximum Gasteiger partial charge on any atom is 0.332 e. The van der Waals surface area contributed by atoms with Crippen molar-refractivity contribution in [3.63, 3.8) is 0 Å². The second kappa shape index (κ2) is 4.98. The molecule has 0 bridgehead atoms. The molecule has 5 heteroatoms. The molecule has 0 aliphatic carbocycles. The number of hydroxylamine groups is 1. The van der Waals surface area contributed by atoms with Crippen LogP contribution >= 0.6 is 0 Å². The van der Waals surface area contributed by atoms with Gasteiger partial charge in [0.2, 0.25) is 0 Å². The fourth-order valence-corrected chi connectivity index (χ4v) is 0.809. The first-order valence-electron chi connectivity index (χ1n) is 3.95. The van der Waals surface area contributed by atoms with Gasteiger partial charge < -0.3 is 5.73 Å². The topological polar surface area (TPSA) is 81.4 Å². The zero-order valence-corrected chi connectivity index (χ0v) is 7.40. The van der Waals surface area contributed by atoms with Crippen molar-refractivity contribution in [2.45, 2.75) is 6.61 Å². The highest BCUT2D eigenvalue weighted by atomic mass is 16.7. The van der Waals surface area contributed by atoms with Crippen molar-refractivity contribution in [1.82, 2.24) is 5.48 Å². The molecule has 0 aromatic heterocycles. The van der Waals surface area contributed by atoms with Gasteiger partial charge in [0.05, 0.1) is 6.61 Å². The normalized spacial score (nSPS) is 9.43. The van der Waals surface area contributed by atoms with Crippen LogP contribution in [-0.2, 0) is 21.0 Å². The number of primary amides is 1. The van der Waals surface area contributed by atoms with E-state index in [4.69, 9.17) is 4.84 Å². The minimum absolute atomic E-state index is 0.194. The summed E-state index contributed by atoms with van der Waals surface area (Å²) in [4.78, 5) is 25.6. The Labute approximate surface area is 80.8 Å². The summed E-state index contributed by atoms with van der Waals surface area (Å²) >= 11 is 0. The third-order valence-corrected chi connectivity index (χ3v) is 1.47. The summed E-state index contributed by atoms with van der Waals surface area (Å²) in [7, 11) is 0. The van der Waals surface area contributed by atoms with Crippen molar-refractivity contribution in [2.75, 3.05) is 0 Å². The van der Waals surface area contributed by atoms with Crippen molar-refractivity contribution in [3.05, 3.63) is 35.9 Å². The van der Waals surface area contributed by atoms with E-state index in [1.807, 2.05) is 35.8 Å². The van der Waals surface area contributed by atoms with Crippen LogP contribution in [0.2, 0.25) is 0 Å². The minimum atomic E-state index is -1.07. The van der Waals surface area contributed by atoms with E-state index >= 15 is 0 Å². The summed E-state index contributed by atoms with van der Waals surface area (Å²) in [5, 5.41) is 0. The molecule has 3 N–H and O–H groups in total. The number of hydrogen-bond acceptors (Lipinski definition) is 3. The number of nitrogens with one attached hydrogen (secondary N) is 1. The third-order valence-electron chi connectivity index (χ3n) is 1.47. The van der Waals surface area contributed by atoms with Gasteiger partial charge in [-0.15, -0.1) is 0 Å². The molecule has 0 saturated carbocycles. The van der Waals surface area contributed by atoms with E-state index in [0.29, 0.717) is 0 Å². The van der Waals surface area contributed by atoms with E-state index in [9.17, 15) is 9.59 Å². The second-order valence-corrected chi connectivity index (χ2v) is 2.57. The lowest BCUT2D eigenvalue weighted by molar-refractivity contribution is -0.146. The highest BCUT2D eigenvalue weighted by molar-refractivity contribution is 6.34. The maximum atomic E-state index is 10.6. The Morgan fingerprint density at radius 1 is 1.29 bits per heavy atom. The molecule has 0 spiro atoms. The smallest absolute Gasteiger partial charge is 0.332 e. The molecule has 0 aliphatic heterocycles. The Morgan fingerprint density at radius 2 is 1.93 bits per heavy atom. The lowest BCUT2D eigenvalue weighted by atomic mass is 10.2. The lowest BCUT2D eigenvalue weighted by Gasteiger charge is -2.02. The van der Waals surface area contributed by atoms with Crippen molar-refractivity contribution < 1.29 is 14.4 Å². The summed E-state index contributed by atoms with van der Waals surface area (Å²) < 4.78 is 0. The number of benzene rings is 1. The Kier molecular flexibility index (Phi) is 3.63. The number of hydrogen-bond donors (Lipinski definition) is 2. The van der Waals surface area contributed by atoms with Crippen LogP contribution in [0.25, 0.3) is 0 Å². The van der Waals surface area contributed by atoms with Crippen LogP contribution in [-0.4, -0.2) is 11.8 Å². The minimum Gasteiger partial charge on any atom is -0.361 e. The van der Waals surface area contributed by atoms with Gasteiger partial charge in [0.15, 0.2) is 0 Å². The molecule has 0 unspecified atom stereocenters. The molecule has 0 saturated heterocycles. The maximum absolute atomic E-state index is 10.6. The highest BCUT2D eigenvalue weighted by Gasteiger charge is 2.07. The summed E-state index contributed by atoms with van der Waals surface area (Å²) in [5.41, 5.74) is 7.49. The SMILES string of the molecule is NC(=O)C(=O)NOCc1ccccc1. The first kappa shape index (κ1) is 10.2. The van der Waals surface area contributed by atoms with Crippen LogP contribution in [0.3, 0.4) is 0 Å². The van der Waals surface area contributed by atoms with Gasteiger partial charge >= 0.3 is 11.8 Å². The molecule has 0 fully saturated rings. The third kappa shape index (κ3) is 3.24. The average molecular weight is 194 g/mol. The molecule has 14 heavy (non-hydrogen) atoms. The monoisotopic (exact) mass is 194 g/mol. The molecule has 5 nitrogen and oxygen atoms in total. The van der Waals surface area contributed by atoms with Crippen LogP contribution in [0, 0.1) is 0 Å². The Bertz CT molecular complexity index is 324.